The van der Waals surface area contributed by atoms with Gasteiger partial charge in [-0.1, -0.05) is 12.1 Å². The highest BCUT2D eigenvalue weighted by molar-refractivity contribution is 7.76. The molecule has 1 aromatic carbocycles. The van der Waals surface area contributed by atoms with E-state index in [0.717, 1.165) is 17.8 Å². The van der Waals surface area contributed by atoms with E-state index >= 15 is 0 Å². The lowest BCUT2D eigenvalue weighted by Crippen LogP contribution is -2.31. The van der Waals surface area contributed by atoms with Gasteiger partial charge >= 0.3 is 5.30 Å². The molecule has 2 atom stereocenters. The lowest BCUT2D eigenvalue weighted by atomic mass is 9.66. The highest BCUT2D eigenvalue weighted by Gasteiger charge is 2.56. The highest BCUT2D eigenvalue weighted by Crippen LogP contribution is 2.64. The topological polar surface area (TPSA) is 50.1 Å². The van der Waals surface area contributed by atoms with Gasteiger partial charge in [-0.15, -0.1) is 0 Å². The average molecular weight is 302 g/mol. The van der Waals surface area contributed by atoms with Gasteiger partial charge in [0.05, 0.1) is 12.6 Å². The molecule has 0 aliphatic heterocycles. The Kier molecular flexibility index (Phi) is 2.93. The van der Waals surface area contributed by atoms with Crippen LogP contribution in [0.5, 0.6) is 0 Å². The minimum absolute atomic E-state index is 0.102. The lowest BCUT2D eigenvalue weighted by molar-refractivity contribution is 0.224. The molecule has 4 aliphatic carbocycles. The Morgan fingerprint density at radius 1 is 1.14 bits per heavy atom. The van der Waals surface area contributed by atoms with Crippen LogP contribution in [0.4, 0.5) is 4.79 Å². The van der Waals surface area contributed by atoms with Gasteiger partial charge < -0.3 is 4.74 Å². The Bertz CT molecular complexity index is 590. The van der Waals surface area contributed by atoms with E-state index in [1.807, 2.05) is 12.1 Å². The van der Waals surface area contributed by atoms with Crippen molar-refractivity contribution in [1.29, 1.82) is 5.41 Å². The number of nitrogens with one attached hydrogen (secondary N) is 1. The maximum absolute atomic E-state index is 10.8. The summed E-state index contributed by atoms with van der Waals surface area (Å²) in [5.74, 6) is 2.75. The van der Waals surface area contributed by atoms with Crippen molar-refractivity contribution in [3.05, 3.63) is 35.4 Å². The summed E-state index contributed by atoms with van der Waals surface area (Å²) in [7, 11) is 0. The molecule has 4 aliphatic rings. The molecule has 4 saturated carbocycles. The Morgan fingerprint density at radius 2 is 1.76 bits per heavy atom. The first kappa shape index (κ1) is 13.4. The van der Waals surface area contributed by atoms with Crippen LogP contribution in [0.15, 0.2) is 24.3 Å². The second-order valence-electron chi connectivity index (χ2n) is 7.05. The summed E-state index contributed by atoms with van der Waals surface area (Å²) in [6.45, 7) is 0. The average Bonchev–Trinajstić information content (AvgIpc) is 2.86. The molecule has 0 radical (unpaired) electrons. The minimum Gasteiger partial charge on any atom is -0.367 e. The Hall–Kier alpha value is -1.29. The number of ether oxygens (including phenoxy) is 1. The summed E-state index contributed by atoms with van der Waals surface area (Å²) >= 11 is 2.73. The molecule has 110 valence electrons. The largest absolute Gasteiger partial charge is 0.527 e. The van der Waals surface area contributed by atoms with Gasteiger partial charge in [-0.3, -0.25) is 5.41 Å². The van der Waals surface area contributed by atoms with E-state index < -0.39 is 5.30 Å². The van der Waals surface area contributed by atoms with Gasteiger partial charge in [0.25, 0.3) is 0 Å². The summed E-state index contributed by atoms with van der Waals surface area (Å²) in [4.78, 5) is 10.8. The van der Waals surface area contributed by atoms with Crippen molar-refractivity contribution >= 4 is 23.8 Å². The summed E-state index contributed by atoms with van der Waals surface area (Å²) < 4.78 is 4.76. The molecule has 4 bridgehead atoms. The van der Waals surface area contributed by atoms with Crippen LogP contribution >= 0.6 is 0 Å². The third-order valence-corrected chi connectivity index (χ3v) is 5.98. The van der Waals surface area contributed by atoms with Crippen LogP contribution in [-0.4, -0.2) is 11.2 Å². The number of carbonyl (C=O) groups is 1. The lowest BCUT2D eigenvalue weighted by Gasteiger charge is -2.39. The van der Waals surface area contributed by atoms with Gasteiger partial charge in [0, 0.05) is 5.56 Å². The molecule has 0 aromatic heterocycles. The molecule has 3 nitrogen and oxygen atoms in total. The molecule has 21 heavy (non-hydrogen) atoms. The fourth-order valence-corrected chi connectivity index (χ4v) is 5.39. The monoisotopic (exact) mass is 302 g/mol. The quantitative estimate of drug-likeness (QED) is 0.394. The maximum atomic E-state index is 10.8. The Balaban J connectivity index is 1.57. The number of hydrogen-bond donors (Lipinski definition) is 1. The summed E-state index contributed by atoms with van der Waals surface area (Å²) in [5.41, 5.74) is 2.46. The van der Waals surface area contributed by atoms with Crippen LogP contribution < -0.4 is 0 Å². The molecule has 2 unspecified atom stereocenters. The first-order chi connectivity index (χ1) is 10.1. The van der Waals surface area contributed by atoms with Crippen LogP contribution in [0.3, 0.4) is 0 Å². The molecular weight excluding hydrogens is 282 g/mol. The van der Waals surface area contributed by atoms with Gasteiger partial charge in [-0.05, 0) is 73.0 Å². The maximum Gasteiger partial charge on any atom is 0.527 e. The number of carbonyl (C=O) groups excluding carboxylic acids is 1. The summed E-state index contributed by atoms with van der Waals surface area (Å²) in [6, 6.07) is 8.10. The molecule has 1 aromatic rings. The minimum atomic E-state index is -0.631. The normalized spacial score (nSPS) is 36.0. The van der Waals surface area contributed by atoms with E-state index in [1.54, 1.807) is 0 Å². The van der Waals surface area contributed by atoms with Crippen LogP contribution in [-0.2, 0) is 22.8 Å². The van der Waals surface area contributed by atoms with E-state index in [4.69, 9.17) is 10.1 Å². The number of rotatable bonds is 2. The van der Waals surface area contributed by atoms with E-state index in [0.29, 0.717) is 11.0 Å². The summed E-state index contributed by atoms with van der Waals surface area (Å²) in [5, 5.41) is 7.11. The van der Waals surface area contributed by atoms with Crippen molar-refractivity contribution in [2.24, 2.45) is 17.8 Å². The molecule has 0 heterocycles. The van der Waals surface area contributed by atoms with Gasteiger partial charge in [0.1, 0.15) is 0 Å². The smallest absolute Gasteiger partial charge is 0.367 e. The van der Waals surface area contributed by atoms with Gasteiger partial charge in [0.15, 0.2) is 0 Å². The third kappa shape index (κ3) is 2.11. The predicted molar refractivity (Wildman–Crippen MR) is 85.1 cm³/mol. The first-order valence-corrected chi connectivity index (χ1v) is 8.19. The van der Waals surface area contributed by atoms with Crippen molar-refractivity contribution in [1.82, 2.24) is 0 Å². The fourth-order valence-electron chi connectivity index (χ4n) is 5.29. The van der Waals surface area contributed by atoms with Gasteiger partial charge in [-0.25, -0.2) is 0 Å². The fraction of sp³-hybridized carbons (Fsp3) is 0.529. The van der Waals surface area contributed by atoms with Crippen LogP contribution in [0, 0.1) is 23.2 Å². The second-order valence-corrected chi connectivity index (χ2v) is 7.45. The van der Waals surface area contributed by atoms with E-state index in [2.05, 4.69) is 24.8 Å². The zero-order valence-electron chi connectivity index (χ0n) is 11.9. The Labute approximate surface area is 130 Å². The zero-order valence-corrected chi connectivity index (χ0v) is 12.9. The summed E-state index contributed by atoms with van der Waals surface area (Å²) in [6.07, 6.45) is 6.95. The van der Waals surface area contributed by atoms with Crippen LogP contribution in [0.25, 0.3) is 0 Å². The molecule has 0 saturated heterocycles. The SMILES string of the molecule is N=C(OC(=O)[SH2+])c1ccc(C23CC4CC(C2)C(C4)C3)cc1. The molecule has 4 heteroatoms. The molecule has 5 rings (SSSR count). The molecular formula is C17H20NO2S+. The van der Waals surface area contributed by atoms with Gasteiger partial charge in [-0.2, -0.15) is 4.79 Å². The standard InChI is InChI=1S/C17H19NO2S/c18-15(20-16(19)21)11-1-3-14(4-2-11)17-7-10-5-12(8-17)13(6-10)9-17/h1-4,10,12-13,18H,5-9H2,(H,19,21)/p+1. The predicted octanol–water partition coefficient (Wildman–Crippen LogP) is 3.24. The van der Waals surface area contributed by atoms with Crippen molar-refractivity contribution in [3.8, 4) is 0 Å². The van der Waals surface area contributed by atoms with Crippen molar-refractivity contribution in [2.75, 3.05) is 0 Å². The first-order valence-electron chi connectivity index (χ1n) is 7.69. The molecule has 4 fully saturated rings. The van der Waals surface area contributed by atoms with Crippen LogP contribution in [0.2, 0.25) is 0 Å². The molecule has 0 spiro atoms. The van der Waals surface area contributed by atoms with Crippen LogP contribution in [0.1, 0.15) is 43.2 Å². The van der Waals surface area contributed by atoms with Crippen molar-refractivity contribution in [3.63, 3.8) is 0 Å². The molecule has 1 N–H and O–H groups in total. The van der Waals surface area contributed by atoms with Gasteiger partial charge in [0.2, 0.25) is 5.90 Å². The van der Waals surface area contributed by atoms with E-state index in [-0.39, 0.29) is 5.90 Å². The van der Waals surface area contributed by atoms with E-state index in [1.165, 1.54) is 37.7 Å². The second kappa shape index (κ2) is 4.60. The number of hydrogen-bond acceptors (Lipinski definition) is 3. The van der Waals surface area contributed by atoms with Crippen molar-refractivity contribution < 1.29 is 9.53 Å². The van der Waals surface area contributed by atoms with Crippen molar-refractivity contribution in [2.45, 2.75) is 37.5 Å². The van der Waals surface area contributed by atoms with E-state index in [9.17, 15) is 4.79 Å². The third-order valence-electron chi connectivity index (χ3n) is 5.88. The molecule has 0 amide bonds. The Morgan fingerprint density at radius 3 is 2.29 bits per heavy atom. The zero-order chi connectivity index (χ0) is 14.6. The highest BCUT2D eigenvalue weighted by atomic mass is 32.1. The number of benzene rings is 1.